The highest BCUT2D eigenvalue weighted by molar-refractivity contribution is 4.86. The first kappa shape index (κ1) is 13.4. The maximum Gasteiger partial charge on any atom is 0.00795 e. The van der Waals surface area contributed by atoms with Gasteiger partial charge in [0.05, 0.1) is 0 Å². The summed E-state index contributed by atoms with van der Waals surface area (Å²) in [4.78, 5) is 2.67. The molecular formula is C15H30N2. The molecule has 2 fully saturated rings. The minimum atomic E-state index is 0.462. The van der Waals surface area contributed by atoms with E-state index in [0.29, 0.717) is 6.04 Å². The molecule has 1 aliphatic heterocycles. The number of hydrogen-bond donors (Lipinski definition) is 1. The van der Waals surface area contributed by atoms with Crippen molar-refractivity contribution in [1.82, 2.24) is 4.90 Å². The van der Waals surface area contributed by atoms with Crippen LogP contribution in [0.2, 0.25) is 0 Å². The lowest BCUT2D eigenvalue weighted by molar-refractivity contribution is 0.175. The van der Waals surface area contributed by atoms with Gasteiger partial charge in [-0.05, 0) is 55.9 Å². The lowest BCUT2D eigenvalue weighted by Crippen LogP contribution is -2.42. The molecule has 17 heavy (non-hydrogen) atoms. The Balaban J connectivity index is 1.81. The smallest absolute Gasteiger partial charge is 0.00795 e. The molecule has 2 rings (SSSR count). The van der Waals surface area contributed by atoms with Crippen molar-refractivity contribution in [2.24, 2.45) is 29.4 Å². The fourth-order valence-corrected chi connectivity index (χ4v) is 3.64. The summed E-state index contributed by atoms with van der Waals surface area (Å²) in [6.45, 7) is 11.0. The van der Waals surface area contributed by atoms with Crippen LogP contribution in [-0.4, -0.2) is 30.6 Å². The van der Waals surface area contributed by atoms with Gasteiger partial charge < -0.3 is 10.6 Å². The predicted molar refractivity (Wildman–Crippen MR) is 73.9 cm³/mol. The van der Waals surface area contributed by atoms with Gasteiger partial charge in [-0.2, -0.15) is 0 Å². The van der Waals surface area contributed by atoms with Gasteiger partial charge in [0.1, 0.15) is 0 Å². The average molecular weight is 238 g/mol. The second-order valence-electron chi connectivity index (χ2n) is 6.89. The molecule has 0 aromatic rings. The Labute approximate surface area is 107 Å². The van der Waals surface area contributed by atoms with Gasteiger partial charge >= 0.3 is 0 Å². The predicted octanol–water partition coefficient (Wildman–Crippen LogP) is 2.73. The highest BCUT2D eigenvalue weighted by Crippen LogP contribution is 2.31. The van der Waals surface area contributed by atoms with Crippen LogP contribution in [-0.2, 0) is 0 Å². The van der Waals surface area contributed by atoms with E-state index < -0.39 is 0 Å². The van der Waals surface area contributed by atoms with E-state index in [2.05, 4.69) is 25.7 Å². The first-order chi connectivity index (χ1) is 8.06. The van der Waals surface area contributed by atoms with Crippen LogP contribution in [0.15, 0.2) is 0 Å². The Bertz CT molecular complexity index is 239. The number of hydrogen-bond acceptors (Lipinski definition) is 2. The van der Waals surface area contributed by atoms with Gasteiger partial charge in [-0.25, -0.2) is 0 Å². The molecule has 0 aromatic heterocycles. The van der Waals surface area contributed by atoms with Gasteiger partial charge in [-0.3, -0.25) is 0 Å². The van der Waals surface area contributed by atoms with Crippen LogP contribution in [0.4, 0.5) is 0 Å². The van der Waals surface area contributed by atoms with Crippen molar-refractivity contribution in [1.29, 1.82) is 0 Å². The van der Waals surface area contributed by atoms with Gasteiger partial charge in [-0.15, -0.1) is 0 Å². The molecule has 1 heterocycles. The molecule has 0 bridgehead atoms. The first-order valence-electron chi connectivity index (χ1n) is 7.54. The maximum absolute atomic E-state index is 6.29. The number of rotatable bonds is 3. The summed E-state index contributed by atoms with van der Waals surface area (Å²) in [5.41, 5.74) is 6.29. The summed E-state index contributed by atoms with van der Waals surface area (Å²) in [6, 6.07) is 0.462. The minimum absolute atomic E-state index is 0.462. The van der Waals surface area contributed by atoms with Crippen molar-refractivity contribution in [3.05, 3.63) is 0 Å². The van der Waals surface area contributed by atoms with Crippen LogP contribution in [0.25, 0.3) is 0 Å². The third-order valence-electron chi connectivity index (χ3n) is 5.05. The van der Waals surface area contributed by atoms with Crippen molar-refractivity contribution in [2.75, 3.05) is 19.6 Å². The molecule has 0 radical (unpaired) electrons. The Morgan fingerprint density at radius 3 is 2.65 bits per heavy atom. The van der Waals surface area contributed by atoms with E-state index in [0.717, 1.165) is 23.7 Å². The van der Waals surface area contributed by atoms with Crippen molar-refractivity contribution in [3.63, 3.8) is 0 Å². The Morgan fingerprint density at radius 2 is 2.00 bits per heavy atom. The molecule has 0 spiro atoms. The minimum Gasteiger partial charge on any atom is -0.327 e. The zero-order valence-electron chi connectivity index (χ0n) is 11.9. The third-order valence-corrected chi connectivity index (χ3v) is 5.05. The molecule has 4 unspecified atom stereocenters. The van der Waals surface area contributed by atoms with Crippen LogP contribution < -0.4 is 5.73 Å². The average Bonchev–Trinajstić information content (AvgIpc) is 2.72. The zero-order valence-corrected chi connectivity index (χ0v) is 11.9. The van der Waals surface area contributed by atoms with Crippen molar-refractivity contribution in [2.45, 2.75) is 52.5 Å². The molecule has 2 nitrogen and oxygen atoms in total. The molecule has 1 aliphatic carbocycles. The summed E-state index contributed by atoms with van der Waals surface area (Å²) < 4.78 is 0. The second-order valence-corrected chi connectivity index (χ2v) is 6.89. The fraction of sp³-hybridized carbons (Fsp3) is 1.00. The van der Waals surface area contributed by atoms with Crippen LogP contribution in [0.3, 0.4) is 0 Å². The molecular weight excluding hydrogens is 208 g/mol. The molecule has 0 aromatic carbocycles. The van der Waals surface area contributed by atoms with Crippen molar-refractivity contribution in [3.8, 4) is 0 Å². The number of nitrogens with two attached hydrogens (primary N) is 1. The Kier molecular flexibility index (Phi) is 4.48. The van der Waals surface area contributed by atoms with Crippen molar-refractivity contribution >= 4 is 0 Å². The van der Waals surface area contributed by atoms with E-state index in [1.54, 1.807) is 0 Å². The Hall–Kier alpha value is -0.0800. The summed E-state index contributed by atoms with van der Waals surface area (Å²) in [7, 11) is 0. The van der Waals surface area contributed by atoms with Crippen LogP contribution >= 0.6 is 0 Å². The molecule has 2 N–H and O–H groups in total. The molecule has 2 aliphatic rings. The monoisotopic (exact) mass is 238 g/mol. The summed E-state index contributed by atoms with van der Waals surface area (Å²) >= 11 is 0. The van der Waals surface area contributed by atoms with Gasteiger partial charge in [0.2, 0.25) is 0 Å². The Morgan fingerprint density at radius 1 is 1.24 bits per heavy atom. The van der Waals surface area contributed by atoms with Gasteiger partial charge in [0, 0.05) is 19.1 Å². The number of nitrogens with zero attached hydrogens (tertiary/aromatic N) is 1. The SMILES string of the molecule is CC1CCC(N)C(CN2CCC(C(C)C)C2)C1. The zero-order chi connectivity index (χ0) is 12.4. The van der Waals surface area contributed by atoms with Gasteiger partial charge in [0.15, 0.2) is 0 Å². The van der Waals surface area contributed by atoms with Crippen LogP contribution in [0, 0.1) is 23.7 Å². The van der Waals surface area contributed by atoms with Gasteiger partial charge in [-0.1, -0.05) is 20.8 Å². The lowest BCUT2D eigenvalue weighted by Gasteiger charge is -2.35. The van der Waals surface area contributed by atoms with E-state index in [4.69, 9.17) is 5.73 Å². The summed E-state index contributed by atoms with van der Waals surface area (Å²) in [5, 5.41) is 0. The lowest BCUT2D eigenvalue weighted by atomic mass is 9.79. The maximum atomic E-state index is 6.29. The standard InChI is InChI=1S/C15H30N2/c1-11(2)13-6-7-17(9-13)10-14-8-12(3)4-5-15(14)16/h11-15H,4-10,16H2,1-3H3. The molecule has 0 amide bonds. The van der Waals surface area contributed by atoms with Crippen LogP contribution in [0.1, 0.15) is 46.5 Å². The number of likely N-dealkylation sites (tertiary alicyclic amines) is 1. The molecule has 4 atom stereocenters. The highest BCUT2D eigenvalue weighted by atomic mass is 15.1. The molecule has 1 saturated heterocycles. The quantitative estimate of drug-likeness (QED) is 0.819. The topological polar surface area (TPSA) is 29.3 Å². The molecule has 2 heteroatoms. The summed E-state index contributed by atoms with van der Waals surface area (Å²) in [5.74, 6) is 3.42. The van der Waals surface area contributed by atoms with E-state index in [-0.39, 0.29) is 0 Å². The fourth-order valence-electron chi connectivity index (χ4n) is 3.64. The van der Waals surface area contributed by atoms with E-state index >= 15 is 0 Å². The van der Waals surface area contributed by atoms with Crippen LogP contribution in [0.5, 0.6) is 0 Å². The van der Waals surface area contributed by atoms with E-state index in [1.807, 2.05) is 0 Å². The van der Waals surface area contributed by atoms with Crippen molar-refractivity contribution < 1.29 is 0 Å². The normalized spacial score (nSPS) is 40.1. The second kappa shape index (κ2) is 5.71. The molecule has 1 saturated carbocycles. The van der Waals surface area contributed by atoms with Gasteiger partial charge in [0.25, 0.3) is 0 Å². The summed E-state index contributed by atoms with van der Waals surface area (Å²) in [6.07, 6.45) is 5.33. The highest BCUT2D eigenvalue weighted by Gasteiger charge is 2.31. The van der Waals surface area contributed by atoms with E-state index in [1.165, 1.54) is 45.3 Å². The first-order valence-corrected chi connectivity index (χ1v) is 7.54. The third kappa shape index (κ3) is 3.45. The van der Waals surface area contributed by atoms with E-state index in [9.17, 15) is 0 Å². The largest absolute Gasteiger partial charge is 0.327 e. The molecule has 100 valence electrons.